The van der Waals surface area contributed by atoms with Gasteiger partial charge in [0.25, 0.3) is 5.91 Å². The summed E-state index contributed by atoms with van der Waals surface area (Å²) in [4.78, 5) is 17.0. The van der Waals surface area contributed by atoms with Crippen molar-refractivity contribution in [3.05, 3.63) is 53.5 Å². The molecule has 0 saturated carbocycles. The molecule has 2 heterocycles. The third-order valence-corrected chi connectivity index (χ3v) is 8.13. The molecule has 29 heavy (non-hydrogen) atoms. The SMILES string of the molecule is CC[C@H]1CCCCN1S(=O)(=O)c1ccc(C(=O)Nc2ccc3scnc3c2)cc1. The monoisotopic (exact) mass is 429 g/mol. The van der Waals surface area contributed by atoms with Gasteiger partial charge in [0.1, 0.15) is 0 Å². The van der Waals surface area contributed by atoms with E-state index in [1.807, 2.05) is 25.1 Å². The van der Waals surface area contributed by atoms with Crippen LogP contribution < -0.4 is 5.32 Å². The largest absolute Gasteiger partial charge is 0.322 e. The zero-order valence-electron chi connectivity index (χ0n) is 16.2. The molecule has 1 aliphatic heterocycles. The van der Waals surface area contributed by atoms with Crippen LogP contribution in [0.15, 0.2) is 52.9 Å². The Hall–Kier alpha value is -2.29. The molecular formula is C21H23N3O3S2. The van der Waals surface area contributed by atoms with Gasteiger partial charge in [0.05, 0.1) is 20.6 Å². The molecule has 1 aromatic heterocycles. The van der Waals surface area contributed by atoms with E-state index in [9.17, 15) is 13.2 Å². The van der Waals surface area contributed by atoms with Crippen molar-refractivity contribution < 1.29 is 13.2 Å². The maximum atomic E-state index is 13.0. The first kappa shape index (κ1) is 20.0. The summed E-state index contributed by atoms with van der Waals surface area (Å²) in [6.07, 6.45) is 3.67. The first-order valence-electron chi connectivity index (χ1n) is 9.75. The number of benzene rings is 2. The first-order chi connectivity index (χ1) is 14.0. The van der Waals surface area contributed by atoms with E-state index in [2.05, 4.69) is 10.3 Å². The van der Waals surface area contributed by atoms with E-state index in [1.54, 1.807) is 33.3 Å². The number of carbonyl (C=O) groups is 1. The van der Waals surface area contributed by atoms with Crippen molar-refractivity contribution in [2.24, 2.45) is 0 Å². The number of amides is 1. The van der Waals surface area contributed by atoms with Gasteiger partial charge in [0, 0.05) is 23.8 Å². The van der Waals surface area contributed by atoms with Crippen LogP contribution in [0.5, 0.6) is 0 Å². The van der Waals surface area contributed by atoms with Crippen LogP contribution in [0.3, 0.4) is 0 Å². The topological polar surface area (TPSA) is 79.4 Å². The number of nitrogens with one attached hydrogen (secondary N) is 1. The number of sulfonamides is 1. The van der Waals surface area contributed by atoms with E-state index in [0.717, 1.165) is 35.9 Å². The molecule has 6 nitrogen and oxygen atoms in total. The van der Waals surface area contributed by atoms with Crippen molar-refractivity contribution in [3.63, 3.8) is 0 Å². The smallest absolute Gasteiger partial charge is 0.255 e. The number of carbonyl (C=O) groups excluding carboxylic acids is 1. The lowest BCUT2D eigenvalue weighted by Gasteiger charge is -2.34. The molecule has 8 heteroatoms. The quantitative estimate of drug-likeness (QED) is 0.648. The molecule has 0 spiro atoms. The van der Waals surface area contributed by atoms with Crippen LogP contribution >= 0.6 is 11.3 Å². The van der Waals surface area contributed by atoms with Crippen molar-refractivity contribution >= 4 is 43.2 Å². The molecule has 0 unspecified atom stereocenters. The third-order valence-electron chi connectivity index (χ3n) is 5.36. The highest BCUT2D eigenvalue weighted by Crippen LogP contribution is 2.27. The summed E-state index contributed by atoms with van der Waals surface area (Å²) in [6, 6.07) is 11.8. The van der Waals surface area contributed by atoms with Crippen LogP contribution in [0.2, 0.25) is 0 Å². The zero-order valence-corrected chi connectivity index (χ0v) is 17.8. The number of aromatic nitrogens is 1. The first-order valence-corrected chi connectivity index (χ1v) is 12.1. The Morgan fingerprint density at radius 2 is 2.00 bits per heavy atom. The maximum Gasteiger partial charge on any atom is 0.255 e. The Kier molecular flexibility index (Phi) is 5.67. The van der Waals surface area contributed by atoms with Crippen LogP contribution in [0.4, 0.5) is 5.69 Å². The van der Waals surface area contributed by atoms with Gasteiger partial charge in [-0.15, -0.1) is 11.3 Å². The summed E-state index contributed by atoms with van der Waals surface area (Å²) in [5.74, 6) is -0.284. The molecule has 4 rings (SSSR count). The molecule has 1 fully saturated rings. The van der Waals surface area contributed by atoms with Gasteiger partial charge in [-0.3, -0.25) is 4.79 Å². The van der Waals surface area contributed by atoms with E-state index in [1.165, 1.54) is 12.1 Å². The standard InChI is InChI=1S/C21H23N3O3S2/c1-2-17-5-3-4-12-24(17)29(26,27)18-9-6-15(7-10-18)21(25)23-16-8-11-20-19(13-16)22-14-28-20/h6-11,13-14,17H,2-5,12H2,1H3,(H,23,25)/t17-/m0/s1. The van der Waals surface area contributed by atoms with Crippen LogP contribution in [-0.2, 0) is 10.0 Å². The predicted molar refractivity (Wildman–Crippen MR) is 116 cm³/mol. The minimum absolute atomic E-state index is 0.0531. The fourth-order valence-corrected chi connectivity index (χ4v) is 6.18. The molecule has 3 aromatic rings. The average molecular weight is 430 g/mol. The van der Waals surface area contributed by atoms with Crippen molar-refractivity contribution in [1.29, 1.82) is 0 Å². The normalized spacial score (nSPS) is 18.0. The minimum atomic E-state index is -3.55. The van der Waals surface area contributed by atoms with E-state index in [0.29, 0.717) is 17.8 Å². The van der Waals surface area contributed by atoms with Gasteiger partial charge in [-0.25, -0.2) is 13.4 Å². The highest BCUT2D eigenvalue weighted by atomic mass is 32.2. The molecule has 0 radical (unpaired) electrons. The van der Waals surface area contributed by atoms with Gasteiger partial charge >= 0.3 is 0 Å². The van der Waals surface area contributed by atoms with Crippen molar-refractivity contribution in [3.8, 4) is 0 Å². The number of rotatable bonds is 5. The van der Waals surface area contributed by atoms with E-state index in [4.69, 9.17) is 0 Å². The molecule has 1 aliphatic rings. The molecular weight excluding hydrogens is 406 g/mol. The summed E-state index contributed by atoms with van der Waals surface area (Å²) in [6.45, 7) is 2.58. The second-order valence-corrected chi connectivity index (χ2v) is 9.96. The van der Waals surface area contributed by atoms with E-state index >= 15 is 0 Å². The predicted octanol–water partition coefficient (Wildman–Crippen LogP) is 4.50. The number of anilines is 1. The van der Waals surface area contributed by atoms with Gasteiger partial charge in [-0.2, -0.15) is 4.31 Å². The maximum absolute atomic E-state index is 13.0. The molecule has 2 aromatic carbocycles. The number of piperidine rings is 1. The molecule has 1 atom stereocenters. The fourth-order valence-electron chi connectivity index (χ4n) is 3.75. The Bertz CT molecular complexity index is 1120. The lowest BCUT2D eigenvalue weighted by Crippen LogP contribution is -2.43. The lowest BCUT2D eigenvalue weighted by molar-refractivity contribution is 0.102. The summed E-state index contributed by atoms with van der Waals surface area (Å²) < 4.78 is 28.8. The summed E-state index contributed by atoms with van der Waals surface area (Å²) in [5, 5.41) is 2.84. The molecule has 1 N–H and O–H groups in total. The molecule has 152 valence electrons. The Morgan fingerprint density at radius 3 is 2.76 bits per heavy atom. The van der Waals surface area contributed by atoms with E-state index < -0.39 is 10.0 Å². The second-order valence-electron chi connectivity index (χ2n) is 7.19. The minimum Gasteiger partial charge on any atom is -0.322 e. The summed E-state index contributed by atoms with van der Waals surface area (Å²) in [5.41, 5.74) is 3.67. The van der Waals surface area contributed by atoms with Crippen LogP contribution in [-0.4, -0.2) is 36.2 Å². The van der Waals surface area contributed by atoms with Crippen molar-refractivity contribution in [2.45, 2.75) is 43.5 Å². The van der Waals surface area contributed by atoms with Crippen molar-refractivity contribution in [2.75, 3.05) is 11.9 Å². The zero-order chi connectivity index (χ0) is 20.4. The number of hydrogen-bond acceptors (Lipinski definition) is 5. The van der Waals surface area contributed by atoms with Crippen LogP contribution in [0.1, 0.15) is 43.0 Å². The van der Waals surface area contributed by atoms with Crippen LogP contribution in [0, 0.1) is 0 Å². The molecule has 0 bridgehead atoms. The molecule has 1 amide bonds. The Morgan fingerprint density at radius 1 is 1.21 bits per heavy atom. The number of nitrogens with zero attached hydrogens (tertiary/aromatic N) is 2. The number of thiazole rings is 1. The van der Waals surface area contributed by atoms with Gasteiger partial charge in [-0.1, -0.05) is 13.3 Å². The highest BCUT2D eigenvalue weighted by Gasteiger charge is 2.32. The number of fused-ring (bicyclic) bond motifs is 1. The second kappa shape index (κ2) is 8.22. The van der Waals surface area contributed by atoms with Gasteiger partial charge < -0.3 is 5.32 Å². The summed E-state index contributed by atoms with van der Waals surface area (Å²) in [7, 11) is -3.55. The van der Waals surface area contributed by atoms with Gasteiger partial charge in [0.2, 0.25) is 10.0 Å². The third kappa shape index (κ3) is 4.05. The molecule has 1 saturated heterocycles. The molecule has 0 aliphatic carbocycles. The van der Waals surface area contributed by atoms with Gasteiger partial charge in [-0.05, 0) is 61.7 Å². The Balaban J connectivity index is 1.51. The fraction of sp³-hybridized carbons (Fsp3) is 0.333. The average Bonchev–Trinajstić information content (AvgIpc) is 3.21. The lowest BCUT2D eigenvalue weighted by atomic mass is 10.0. The summed E-state index contributed by atoms with van der Waals surface area (Å²) >= 11 is 1.54. The Labute approximate surface area is 174 Å². The van der Waals surface area contributed by atoms with Crippen LogP contribution in [0.25, 0.3) is 10.2 Å². The van der Waals surface area contributed by atoms with Gasteiger partial charge in [0.15, 0.2) is 0 Å². The number of hydrogen-bond donors (Lipinski definition) is 1. The van der Waals surface area contributed by atoms with Crippen molar-refractivity contribution in [1.82, 2.24) is 9.29 Å². The van der Waals surface area contributed by atoms with E-state index in [-0.39, 0.29) is 16.8 Å². The highest BCUT2D eigenvalue weighted by molar-refractivity contribution is 7.89.